The van der Waals surface area contributed by atoms with Gasteiger partial charge in [0.2, 0.25) is 0 Å². The van der Waals surface area contributed by atoms with Gasteiger partial charge in [-0.2, -0.15) is 0 Å². The Bertz CT molecular complexity index is 3130. The van der Waals surface area contributed by atoms with Gasteiger partial charge in [0.25, 0.3) is 15.9 Å². The average Bonchev–Trinajstić information content (AvgIpc) is 3.78. The van der Waals surface area contributed by atoms with E-state index < -0.39 is 38.6 Å². The quantitative estimate of drug-likeness (QED) is 0.0628. The number of amides is 1. The van der Waals surface area contributed by atoms with Crippen molar-refractivity contribution in [3.63, 3.8) is 0 Å². The molecule has 0 bridgehead atoms. The van der Waals surface area contributed by atoms with Crippen molar-refractivity contribution >= 4 is 38.9 Å². The molecule has 5 aliphatic rings. The van der Waals surface area contributed by atoms with Crippen molar-refractivity contribution in [2.75, 3.05) is 49.5 Å². The van der Waals surface area contributed by atoms with E-state index in [-0.39, 0.29) is 57.3 Å². The van der Waals surface area contributed by atoms with Crippen LogP contribution < -0.4 is 24.4 Å². The molecule has 0 radical (unpaired) electrons. The van der Waals surface area contributed by atoms with E-state index in [1.165, 1.54) is 47.7 Å². The maximum Gasteiger partial charge on any atom is 0.573 e. The Hall–Kier alpha value is -6.48. The molecule has 0 unspecified atom stereocenters. The predicted octanol–water partition coefficient (Wildman–Crippen LogP) is 11.3. The smallest absolute Gasteiger partial charge is 0.455 e. The third kappa shape index (κ3) is 12.3. The van der Waals surface area contributed by atoms with Gasteiger partial charge >= 0.3 is 6.36 Å². The number of aliphatic hydroxyl groups is 1. The molecular formula is C57H64F4N8O7S. The molecule has 1 atom stereocenters. The first-order chi connectivity index (χ1) is 36.7. The highest BCUT2D eigenvalue weighted by molar-refractivity contribution is 7.90. The van der Waals surface area contributed by atoms with Crippen LogP contribution in [0.25, 0.3) is 5.83 Å². The summed E-state index contributed by atoms with van der Waals surface area (Å²) in [5.41, 5.74) is 4.13. The number of aromatic nitrogens is 2. The number of piperidine rings is 1. The molecule has 3 aliphatic carbocycles. The number of pyridine rings is 2. The third-order valence-corrected chi connectivity index (χ3v) is 17.7. The van der Waals surface area contributed by atoms with Crippen molar-refractivity contribution in [1.29, 1.82) is 0 Å². The number of nitroso groups, excluding NO2 is 1. The van der Waals surface area contributed by atoms with E-state index in [0.717, 1.165) is 94.8 Å². The lowest BCUT2D eigenvalue weighted by Crippen LogP contribution is -2.60. The fourth-order valence-electron chi connectivity index (χ4n) is 12.0. The molecule has 2 saturated heterocycles. The van der Waals surface area contributed by atoms with Crippen molar-refractivity contribution in [2.24, 2.45) is 16.5 Å². The van der Waals surface area contributed by atoms with Crippen LogP contribution in [0.1, 0.15) is 122 Å². The molecule has 4 fully saturated rings. The summed E-state index contributed by atoms with van der Waals surface area (Å²) < 4.78 is 93.4. The molecule has 20 heteroatoms. The zero-order chi connectivity index (χ0) is 54.3. The largest absolute Gasteiger partial charge is 0.573 e. The Balaban J connectivity index is 0.822. The summed E-state index contributed by atoms with van der Waals surface area (Å²) in [7, 11) is -4.60. The van der Waals surface area contributed by atoms with E-state index in [4.69, 9.17) is 4.74 Å². The summed E-state index contributed by atoms with van der Waals surface area (Å²) in [4.78, 5) is 41.4. The summed E-state index contributed by atoms with van der Waals surface area (Å²) in [5.74, 6) is -0.890. The van der Waals surface area contributed by atoms with Gasteiger partial charge in [0.1, 0.15) is 28.0 Å². The highest BCUT2D eigenvalue weighted by atomic mass is 32.2. The molecule has 10 rings (SSSR count). The number of hydrogen-bond donors (Lipinski definition) is 3. The summed E-state index contributed by atoms with van der Waals surface area (Å²) in [5, 5.41) is 16.4. The molecule has 77 heavy (non-hydrogen) atoms. The fourth-order valence-corrected chi connectivity index (χ4v) is 12.9. The first-order valence-electron chi connectivity index (χ1n) is 26.4. The maximum absolute atomic E-state index is 14.8. The summed E-state index contributed by atoms with van der Waals surface area (Å²) in [6.45, 7) is 11.1. The molecule has 2 saturated carbocycles. The number of ether oxygens (including phenoxy) is 2. The minimum absolute atomic E-state index is 0.0276. The Labute approximate surface area is 446 Å². The summed E-state index contributed by atoms with van der Waals surface area (Å²) in [6, 6.07) is 22.7. The van der Waals surface area contributed by atoms with Gasteiger partial charge in [-0.1, -0.05) is 50.2 Å². The molecule has 5 aromatic rings. The number of sulfonamides is 1. The number of piperazine rings is 1. The Morgan fingerprint density at radius 1 is 0.922 bits per heavy atom. The predicted molar refractivity (Wildman–Crippen MR) is 284 cm³/mol. The number of fused-ring (bicyclic) bond motifs is 1. The number of anilines is 2. The highest BCUT2D eigenvalue weighted by Gasteiger charge is 2.50. The minimum Gasteiger partial charge on any atom is -0.455 e. The number of allylic oxidation sites excluding steroid dienone is 1. The zero-order valence-electron chi connectivity index (χ0n) is 43.4. The number of carbonyl (C=O) groups excluding carboxylic acids is 1. The van der Waals surface area contributed by atoms with Gasteiger partial charge in [0.15, 0.2) is 11.5 Å². The van der Waals surface area contributed by atoms with Gasteiger partial charge in [-0.3, -0.25) is 19.6 Å². The SMILES string of the molecule is CC(C)c1ccccc1[C@@H]1CN(Cc2ccc(OC(F)(F)F)cc2)CCN1C1CC2(CCN(c3ccc(C(=O)NS(=O)(=O)c4cnc(NCC5CCC(C)(O)CC5)c(N=O)c4)c(Oc4cnc5c(c4)C(F)=CC5)c3)CC2)C1. The monoisotopic (exact) mass is 1080 g/mol. The average molecular weight is 1080 g/mol. The van der Waals surface area contributed by atoms with E-state index in [1.54, 1.807) is 24.3 Å². The number of nitrogens with zero attached hydrogens (tertiary/aromatic N) is 6. The fraction of sp³-hybridized carbons (Fsp3) is 0.456. The minimum atomic E-state index is -4.75. The van der Waals surface area contributed by atoms with Gasteiger partial charge in [0.05, 0.1) is 23.1 Å². The topological polar surface area (TPSA) is 179 Å². The molecule has 3 N–H and O–H groups in total. The molecule has 15 nitrogen and oxygen atoms in total. The van der Waals surface area contributed by atoms with Crippen LogP contribution in [0.15, 0.2) is 107 Å². The molecule has 2 aromatic heterocycles. The number of hydrogen-bond acceptors (Lipinski definition) is 14. The summed E-state index contributed by atoms with van der Waals surface area (Å²) in [6.07, 6.45) is 6.20. The third-order valence-electron chi connectivity index (χ3n) is 16.4. The molecule has 4 heterocycles. The molecule has 1 amide bonds. The lowest BCUT2D eigenvalue weighted by molar-refractivity contribution is -0.274. The second-order valence-corrected chi connectivity index (χ2v) is 23.8. The van der Waals surface area contributed by atoms with E-state index in [9.17, 15) is 40.8 Å². The molecule has 3 aromatic carbocycles. The van der Waals surface area contributed by atoms with Crippen molar-refractivity contribution in [3.05, 3.63) is 136 Å². The normalized spacial score (nSPS) is 22.0. The maximum atomic E-state index is 14.8. The highest BCUT2D eigenvalue weighted by Crippen LogP contribution is 2.53. The number of carbonyl (C=O) groups is 1. The van der Waals surface area contributed by atoms with E-state index >= 15 is 0 Å². The van der Waals surface area contributed by atoms with Crippen LogP contribution in [0, 0.1) is 16.2 Å². The van der Waals surface area contributed by atoms with E-state index in [0.29, 0.717) is 50.0 Å². The molecule has 408 valence electrons. The van der Waals surface area contributed by atoms with Crippen LogP contribution in [0.5, 0.6) is 17.2 Å². The lowest BCUT2D eigenvalue weighted by atomic mass is 9.59. The van der Waals surface area contributed by atoms with Crippen LogP contribution in [-0.2, 0) is 23.0 Å². The van der Waals surface area contributed by atoms with Crippen molar-refractivity contribution in [2.45, 2.75) is 120 Å². The second-order valence-electron chi connectivity index (χ2n) is 22.1. The number of alkyl halides is 3. The Morgan fingerprint density at radius 3 is 2.38 bits per heavy atom. The van der Waals surface area contributed by atoms with Crippen LogP contribution in [-0.4, -0.2) is 96.5 Å². The molecule has 2 aliphatic heterocycles. The van der Waals surface area contributed by atoms with Crippen LogP contribution in [0.2, 0.25) is 0 Å². The first-order valence-corrected chi connectivity index (χ1v) is 27.9. The van der Waals surface area contributed by atoms with Gasteiger partial charge in [0, 0.05) is 87.8 Å². The number of nitrogens with one attached hydrogen (secondary N) is 2. The van der Waals surface area contributed by atoms with Crippen LogP contribution in [0.4, 0.5) is 34.8 Å². The van der Waals surface area contributed by atoms with Crippen molar-refractivity contribution in [1.82, 2.24) is 24.5 Å². The number of halogens is 4. The van der Waals surface area contributed by atoms with Crippen LogP contribution >= 0.6 is 0 Å². The first kappa shape index (κ1) is 53.9. The number of benzene rings is 3. The Morgan fingerprint density at radius 2 is 1.66 bits per heavy atom. The lowest BCUT2D eigenvalue weighted by Gasteiger charge is -2.58. The summed E-state index contributed by atoms with van der Waals surface area (Å²) >= 11 is 0. The van der Waals surface area contributed by atoms with E-state index in [1.807, 2.05) is 6.92 Å². The zero-order valence-corrected chi connectivity index (χ0v) is 44.2. The van der Waals surface area contributed by atoms with Crippen molar-refractivity contribution in [3.8, 4) is 17.2 Å². The molecule has 1 spiro atoms. The van der Waals surface area contributed by atoms with E-state index in [2.05, 4.69) is 82.7 Å². The Kier molecular flexibility index (Phi) is 15.2. The molecular weight excluding hydrogens is 1020 g/mol. The number of rotatable bonds is 16. The van der Waals surface area contributed by atoms with Gasteiger partial charge in [-0.05, 0) is 140 Å². The van der Waals surface area contributed by atoms with Crippen molar-refractivity contribution < 1.29 is 45.4 Å². The second kappa shape index (κ2) is 21.7. The standard InChI is InChI=1S/C57H64F4N8O7S/c1-36(2)44-6-4-5-7-45(44)51-35-67(34-38-8-11-41(12-9-38)76-57(59,60)61)24-25-69(51)40-29-56(30-40)20-22-68(23-21-56)39-10-13-46(52(26-39)75-42-27-47-48(58)14-15-49(47)62-32-42)54(70)66-77(73,74)43-28-50(65-72)53(64-33-43)63-31-37-16-18-55(3,71)19-17-37/h4-14,26-28,32-33,36-37,40,51,71H,15-25,29-31,34-35H2,1-3H3,(H,63,64)(H,66,70)/t37?,51-,55?/m0/s1. The van der Waals surface area contributed by atoms with Gasteiger partial charge in [-0.25, -0.2) is 22.5 Å². The van der Waals surface area contributed by atoms with Gasteiger partial charge in [-0.15, -0.1) is 18.1 Å². The van der Waals surface area contributed by atoms with Crippen LogP contribution in [0.3, 0.4) is 0 Å². The van der Waals surface area contributed by atoms with Gasteiger partial charge < -0.3 is 24.8 Å².